The number of carbonyl (C=O) groups excluding carboxylic acids is 1. The van der Waals surface area contributed by atoms with Crippen molar-refractivity contribution in [1.82, 2.24) is 5.32 Å². The molecule has 1 unspecified atom stereocenters. The van der Waals surface area contributed by atoms with Crippen molar-refractivity contribution in [2.75, 3.05) is 0 Å². The van der Waals surface area contributed by atoms with Gasteiger partial charge >= 0.3 is 18.5 Å². The number of rotatable bonds is 7. The van der Waals surface area contributed by atoms with Gasteiger partial charge in [0.05, 0.1) is 12.6 Å². The molecular weight excluding hydrogens is 382 g/mol. The van der Waals surface area contributed by atoms with Crippen LogP contribution in [0.5, 0.6) is 5.75 Å². The maximum atomic E-state index is 12.9. The number of benzene rings is 1. The highest BCUT2D eigenvalue weighted by Gasteiger charge is 2.43. The highest BCUT2D eigenvalue weighted by Crippen LogP contribution is 2.27. The van der Waals surface area contributed by atoms with Gasteiger partial charge in [0.25, 0.3) is 0 Å². The van der Waals surface area contributed by atoms with E-state index in [0.29, 0.717) is 0 Å². The summed E-state index contributed by atoms with van der Waals surface area (Å²) in [5, 5.41) is 17.6. The van der Waals surface area contributed by atoms with Gasteiger partial charge in [0, 0.05) is 0 Å². The maximum Gasteiger partial charge on any atom is 0.461 e. The number of amides is 1. The summed E-state index contributed by atoms with van der Waals surface area (Å²) < 4.78 is 53.9. The molecule has 0 aromatic heterocycles. The average Bonchev–Trinajstić information content (AvgIpc) is 2.86. The number of amidine groups is 1. The Bertz CT molecular complexity index is 757. The van der Waals surface area contributed by atoms with Gasteiger partial charge in [-0.25, -0.2) is 0 Å². The van der Waals surface area contributed by atoms with Crippen LogP contribution in [0.15, 0.2) is 34.5 Å². The Morgan fingerprint density at radius 2 is 2.19 bits per heavy atom. The molecule has 0 bridgehead atoms. The molecule has 0 spiro atoms. The second kappa shape index (κ2) is 8.17. The maximum absolute atomic E-state index is 12.9. The molecule has 26 heavy (non-hydrogen) atoms. The number of hydrogen-bond donors (Lipinski definition) is 2. The van der Waals surface area contributed by atoms with Crippen LogP contribution in [-0.2, 0) is 9.59 Å². The summed E-state index contributed by atoms with van der Waals surface area (Å²) in [5.41, 5.74) is 0.230. The SMILES string of the molecule is O=C(O)CC1S/C(=N/N=C/c2cccc(OC(F)(F)C(F)F)c2)NC1=O. The Morgan fingerprint density at radius 3 is 2.85 bits per heavy atom. The third-order valence-electron chi connectivity index (χ3n) is 2.86. The molecule has 140 valence electrons. The van der Waals surface area contributed by atoms with Crippen LogP contribution in [0.2, 0.25) is 0 Å². The summed E-state index contributed by atoms with van der Waals surface area (Å²) in [7, 11) is 0. The highest BCUT2D eigenvalue weighted by molar-refractivity contribution is 8.15. The smallest absolute Gasteiger partial charge is 0.461 e. The van der Waals surface area contributed by atoms with Crippen LogP contribution >= 0.6 is 11.8 Å². The Kier molecular flexibility index (Phi) is 6.18. The van der Waals surface area contributed by atoms with E-state index in [4.69, 9.17) is 5.11 Å². The molecule has 7 nitrogen and oxygen atoms in total. The first-order valence-corrected chi connectivity index (χ1v) is 7.80. The molecular formula is C14H11F4N3O4S. The number of alkyl halides is 4. The van der Waals surface area contributed by atoms with Gasteiger partial charge in [0.1, 0.15) is 11.0 Å². The van der Waals surface area contributed by atoms with Crippen LogP contribution in [0.4, 0.5) is 17.6 Å². The molecule has 1 amide bonds. The summed E-state index contributed by atoms with van der Waals surface area (Å²) in [4.78, 5) is 22.1. The standard InChI is InChI=1S/C14H11F4N3O4S/c15-12(16)14(17,18)25-8-3-1-2-7(4-8)6-19-21-13-20-11(24)9(26-13)5-10(22)23/h1-4,6,9,12H,5H2,(H,22,23)(H,20,21,24)/b19-6+. The minimum atomic E-state index is -4.63. The first-order chi connectivity index (χ1) is 12.2. The predicted octanol–water partition coefficient (Wildman–Crippen LogP) is 2.32. The number of nitrogens with one attached hydrogen (secondary N) is 1. The van der Waals surface area contributed by atoms with Crippen molar-refractivity contribution in [3.05, 3.63) is 29.8 Å². The first-order valence-electron chi connectivity index (χ1n) is 6.93. The number of aliphatic carboxylic acids is 1. The van der Waals surface area contributed by atoms with Crippen molar-refractivity contribution >= 4 is 35.0 Å². The van der Waals surface area contributed by atoms with Crippen molar-refractivity contribution in [3.8, 4) is 5.75 Å². The van der Waals surface area contributed by atoms with E-state index in [9.17, 15) is 27.2 Å². The monoisotopic (exact) mass is 393 g/mol. The molecule has 1 aromatic rings. The van der Waals surface area contributed by atoms with Crippen molar-refractivity contribution in [1.29, 1.82) is 0 Å². The lowest BCUT2D eigenvalue weighted by Gasteiger charge is -2.16. The average molecular weight is 393 g/mol. The van der Waals surface area contributed by atoms with Gasteiger partial charge in [-0.3, -0.25) is 9.59 Å². The van der Waals surface area contributed by atoms with Gasteiger partial charge in [-0.2, -0.15) is 22.7 Å². The summed E-state index contributed by atoms with van der Waals surface area (Å²) in [6.45, 7) is 0. The van der Waals surface area contributed by atoms with Crippen molar-refractivity contribution in [2.45, 2.75) is 24.2 Å². The van der Waals surface area contributed by atoms with Crippen LogP contribution in [0.1, 0.15) is 12.0 Å². The van der Waals surface area contributed by atoms with E-state index in [1.807, 2.05) is 0 Å². The number of hydrogen-bond acceptors (Lipinski definition) is 6. The van der Waals surface area contributed by atoms with Gasteiger partial charge < -0.3 is 15.2 Å². The number of carboxylic acid groups (broad SMARTS) is 1. The number of ether oxygens (including phenoxy) is 1. The Labute approximate surface area is 148 Å². The van der Waals surface area contributed by atoms with E-state index in [1.54, 1.807) is 0 Å². The molecule has 0 aliphatic carbocycles. The number of halogens is 4. The summed E-state index contributed by atoms with van der Waals surface area (Å²) in [6, 6.07) is 4.85. The first kappa shape index (κ1) is 19.7. The number of carboxylic acids is 1. The van der Waals surface area contributed by atoms with E-state index in [-0.39, 0.29) is 17.2 Å². The van der Waals surface area contributed by atoms with Gasteiger partial charge in [0.2, 0.25) is 5.91 Å². The van der Waals surface area contributed by atoms with Crippen LogP contribution in [0, 0.1) is 0 Å². The number of carbonyl (C=O) groups is 2. The zero-order valence-corrected chi connectivity index (χ0v) is 13.6. The normalized spacial score (nSPS) is 19.3. The molecule has 2 N–H and O–H groups in total. The fraction of sp³-hybridized carbons (Fsp3) is 0.286. The minimum Gasteiger partial charge on any atom is -0.481 e. The molecule has 0 radical (unpaired) electrons. The van der Waals surface area contributed by atoms with Gasteiger partial charge in [-0.1, -0.05) is 23.9 Å². The Hall–Kier alpha value is -2.63. The largest absolute Gasteiger partial charge is 0.481 e. The lowest BCUT2D eigenvalue weighted by molar-refractivity contribution is -0.253. The fourth-order valence-electron chi connectivity index (χ4n) is 1.75. The molecule has 1 aliphatic rings. The topological polar surface area (TPSA) is 100 Å². The second-order valence-corrected chi connectivity index (χ2v) is 6.07. The molecule has 1 fully saturated rings. The summed E-state index contributed by atoms with van der Waals surface area (Å²) in [6.07, 6.45) is -7.86. The zero-order valence-electron chi connectivity index (χ0n) is 12.7. The van der Waals surface area contributed by atoms with E-state index in [0.717, 1.165) is 30.1 Å². The lowest BCUT2D eigenvalue weighted by atomic mass is 10.2. The van der Waals surface area contributed by atoms with Crippen LogP contribution < -0.4 is 10.1 Å². The minimum absolute atomic E-state index is 0.0779. The number of thioether (sulfide) groups is 1. The number of nitrogens with zero attached hydrogens (tertiary/aromatic N) is 2. The molecule has 1 atom stereocenters. The summed E-state index contributed by atoms with van der Waals surface area (Å²) >= 11 is 0.884. The molecule has 12 heteroatoms. The molecule has 1 saturated heterocycles. The third kappa shape index (κ3) is 5.44. The van der Waals surface area contributed by atoms with E-state index in [1.165, 1.54) is 12.1 Å². The van der Waals surface area contributed by atoms with Crippen LogP contribution in [0.25, 0.3) is 0 Å². The second-order valence-electron chi connectivity index (χ2n) is 4.88. The van der Waals surface area contributed by atoms with E-state index >= 15 is 0 Å². The van der Waals surface area contributed by atoms with Gasteiger partial charge in [-0.05, 0) is 17.7 Å². The quantitative estimate of drug-likeness (QED) is 0.421. The predicted molar refractivity (Wildman–Crippen MR) is 84.8 cm³/mol. The Balaban J connectivity index is 2.02. The van der Waals surface area contributed by atoms with Crippen LogP contribution in [0.3, 0.4) is 0 Å². The molecule has 1 heterocycles. The van der Waals surface area contributed by atoms with Crippen molar-refractivity contribution < 1.29 is 37.0 Å². The molecule has 2 rings (SSSR count). The molecule has 1 aromatic carbocycles. The van der Waals surface area contributed by atoms with Crippen molar-refractivity contribution in [2.24, 2.45) is 10.2 Å². The molecule has 0 saturated carbocycles. The highest BCUT2D eigenvalue weighted by atomic mass is 32.2. The van der Waals surface area contributed by atoms with E-state index in [2.05, 4.69) is 20.3 Å². The lowest BCUT2D eigenvalue weighted by Crippen LogP contribution is -2.33. The summed E-state index contributed by atoms with van der Waals surface area (Å²) in [5.74, 6) is -2.15. The third-order valence-corrected chi connectivity index (χ3v) is 3.93. The van der Waals surface area contributed by atoms with Crippen molar-refractivity contribution in [3.63, 3.8) is 0 Å². The van der Waals surface area contributed by atoms with Gasteiger partial charge in [-0.15, -0.1) is 5.10 Å². The Morgan fingerprint density at radius 1 is 1.46 bits per heavy atom. The zero-order chi connectivity index (χ0) is 19.3. The van der Waals surface area contributed by atoms with E-state index < -0.39 is 35.4 Å². The fourth-order valence-corrected chi connectivity index (χ4v) is 2.67. The molecule has 1 aliphatic heterocycles. The van der Waals surface area contributed by atoms with Crippen LogP contribution in [-0.4, -0.2) is 46.1 Å². The van der Waals surface area contributed by atoms with Gasteiger partial charge in [0.15, 0.2) is 5.17 Å².